The van der Waals surface area contributed by atoms with Crippen LogP contribution in [-0.2, 0) is 13.6 Å². The van der Waals surface area contributed by atoms with E-state index in [9.17, 15) is 4.57 Å². The molecule has 0 atom stereocenters. The third-order valence-electron chi connectivity index (χ3n) is 3.01. The number of nitrogens with one attached hydrogen (secondary N) is 1. The number of hydrogen-bond donors (Lipinski definition) is 1. The summed E-state index contributed by atoms with van der Waals surface area (Å²) in [5.74, 6) is 0. The number of aryl methyl sites for hydroxylation is 1. The molecule has 2 aromatic rings. The highest BCUT2D eigenvalue weighted by atomic mass is 31.2. The number of benzene rings is 2. The summed E-state index contributed by atoms with van der Waals surface area (Å²) in [4.78, 5) is 0. The maximum atomic E-state index is 12.5. The predicted molar refractivity (Wildman–Crippen MR) is 82.2 cm³/mol. The summed E-state index contributed by atoms with van der Waals surface area (Å²) in [5.41, 5.74) is 2.81. The zero-order valence-electron chi connectivity index (χ0n) is 11.8. The lowest BCUT2D eigenvalue weighted by Crippen LogP contribution is -2.12. The molecule has 0 fully saturated rings. The van der Waals surface area contributed by atoms with E-state index in [1.165, 1.54) is 19.8 Å². The van der Waals surface area contributed by atoms with Gasteiger partial charge in [0.25, 0.3) is 0 Å². The first-order valence-electron chi connectivity index (χ1n) is 6.24. The van der Waals surface area contributed by atoms with Crippen LogP contribution in [0.4, 0.5) is 11.4 Å². The Morgan fingerprint density at radius 2 is 1.55 bits per heavy atom. The zero-order chi connectivity index (χ0) is 14.6. The highest BCUT2D eigenvalue weighted by Gasteiger charge is 2.27. The minimum Gasteiger partial charge on any atom is -0.355 e. The molecule has 2 rings (SSSR count). The Labute approximate surface area is 119 Å². The highest BCUT2D eigenvalue weighted by Crippen LogP contribution is 2.47. The van der Waals surface area contributed by atoms with Crippen molar-refractivity contribution in [2.24, 2.45) is 0 Å². The Balaban J connectivity index is 2.38. The lowest BCUT2D eigenvalue weighted by atomic mass is 10.2. The molecule has 0 spiro atoms. The second-order valence-corrected chi connectivity index (χ2v) is 6.58. The van der Waals surface area contributed by atoms with E-state index in [1.54, 1.807) is 12.1 Å². The SMILES string of the molecule is COP(=O)(OC)c1ccccc1Nc1ccc(C)cc1. The Bertz CT molecular complexity index is 617. The van der Waals surface area contributed by atoms with Crippen molar-refractivity contribution in [1.29, 1.82) is 0 Å². The van der Waals surface area contributed by atoms with Crippen LogP contribution in [0.1, 0.15) is 5.56 Å². The van der Waals surface area contributed by atoms with Gasteiger partial charge >= 0.3 is 7.60 Å². The number of para-hydroxylation sites is 1. The average molecular weight is 291 g/mol. The van der Waals surface area contributed by atoms with Crippen molar-refractivity contribution in [3.63, 3.8) is 0 Å². The molecule has 0 saturated carbocycles. The molecule has 106 valence electrons. The largest absolute Gasteiger partial charge is 0.362 e. The molecule has 0 bridgehead atoms. The van der Waals surface area contributed by atoms with E-state index in [2.05, 4.69) is 5.32 Å². The van der Waals surface area contributed by atoms with Crippen LogP contribution in [-0.4, -0.2) is 14.2 Å². The van der Waals surface area contributed by atoms with Gasteiger partial charge in [-0.05, 0) is 31.2 Å². The van der Waals surface area contributed by atoms with Crippen molar-refractivity contribution in [2.75, 3.05) is 19.5 Å². The maximum absolute atomic E-state index is 12.5. The van der Waals surface area contributed by atoms with Crippen LogP contribution >= 0.6 is 7.60 Å². The van der Waals surface area contributed by atoms with Crippen molar-refractivity contribution >= 4 is 24.3 Å². The molecule has 2 aromatic carbocycles. The normalized spacial score (nSPS) is 11.3. The smallest absolute Gasteiger partial charge is 0.355 e. The van der Waals surface area contributed by atoms with Crippen LogP contribution in [0.5, 0.6) is 0 Å². The fourth-order valence-corrected chi connectivity index (χ4v) is 3.12. The Morgan fingerprint density at radius 1 is 0.950 bits per heavy atom. The molecule has 0 unspecified atom stereocenters. The molecule has 0 amide bonds. The molecule has 4 nitrogen and oxygen atoms in total. The van der Waals surface area contributed by atoms with Crippen LogP contribution in [0.2, 0.25) is 0 Å². The maximum Gasteiger partial charge on any atom is 0.362 e. The van der Waals surface area contributed by atoms with Crippen LogP contribution < -0.4 is 10.6 Å². The van der Waals surface area contributed by atoms with Gasteiger partial charge in [-0.1, -0.05) is 29.8 Å². The summed E-state index contributed by atoms with van der Waals surface area (Å²) < 4.78 is 22.7. The number of rotatable bonds is 5. The van der Waals surface area contributed by atoms with Crippen LogP contribution in [0, 0.1) is 6.92 Å². The van der Waals surface area contributed by atoms with Crippen molar-refractivity contribution in [1.82, 2.24) is 0 Å². The molecule has 0 aromatic heterocycles. The molecule has 0 aliphatic heterocycles. The number of hydrogen-bond acceptors (Lipinski definition) is 4. The summed E-state index contributed by atoms with van der Waals surface area (Å²) in [5, 5.41) is 3.76. The van der Waals surface area contributed by atoms with E-state index < -0.39 is 7.60 Å². The molecule has 0 aliphatic carbocycles. The molecule has 0 heterocycles. The van der Waals surface area contributed by atoms with E-state index in [4.69, 9.17) is 9.05 Å². The van der Waals surface area contributed by atoms with Crippen molar-refractivity contribution in [2.45, 2.75) is 6.92 Å². The fourth-order valence-electron chi connectivity index (χ4n) is 1.88. The van der Waals surface area contributed by atoms with Gasteiger partial charge in [0, 0.05) is 19.9 Å². The van der Waals surface area contributed by atoms with E-state index in [0.29, 0.717) is 11.0 Å². The van der Waals surface area contributed by atoms with Gasteiger partial charge in [-0.3, -0.25) is 4.57 Å². The summed E-state index contributed by atoms with van der Waals surface area (Å²) in [7, 11) is -0.516. The highest BCUT2D eigenvalue weighted by molar-refractivity contribution is 7.62. The van der Waals surface area contributed by atoms with Gasteiger partial charge in [0.2, 0.25) is 0 Å². The number of anilines is 2. The third kappa shape index (κ3) is 3.10. The minimum absolute atomic E-state index is 0.519. The predicted octanol–water partition coefficient (Wildman–Crippen LogP) is 3.85. The quantitative estimate of drug-likeness (QED) is 0.850. The first-order valence-corrected chi connectivity index (χ1v) is 7.78. The van der Waals surface area contributed by atoms with Gasteiger partial charge in [0.15, 0.2) is 0 Å². The summed E-state index contributed by atoms with van der Waals surface area (Å²) >= 11 is 0. The summed E-state index contributed by atoms with van der Waals surface area (Å²) in [6.45, 7) is 2.03. The monoisotopic (exact) mass is 291 g/mol. The van der Waals surface area contributed by atoms with E-state index in [-0.39, 0.29) is 0 Å². The first-order chi connectivity index (χ1) is 9.59. The molecule has 0 radical (unpaired) electrons. The van der Waals surface area contributed by atoms with E-state index in [1.807, 2.05) is 43.3 Å². The minimum atomic E-state index is -3.28. The Morgan fingerprint density at radius 3 is 2.15 bits per heavy atom. The summed E-state index contributed by atoms with van der Waals surface area (Å²) in [6.07, 6.45) is 0. The molecular weight excluding hydrogens is 273 g/mol. The summed E-state index contributed by atoms with van der Waals surface area (Å²) in [6, 6.07) is 15.2. The van der Waals surface area contributed by atoms with Crippen molar-refractivity contribution < 1.29 is 13.6 Å². The molecular formula is C15H18NO3P. The standard InChI is InChI=1S/C15H18NO3P/c1-12-8-10-13(11-9-12)16-14-6-4-5-7-15(14)20(17,18-2)19-3/h4-11,16H,1-3H3. The van der Waals surface area contributed by atoms with Gasteiger partial charge in [0.1, 0.15) is 0 Å². The lowest BCUT2D eigenvalue weighted by Gasteiger charge is -2.18. The van der Waals surface area contributed by atoms with Gasteiger partial charge in [-0.15, -0.1) is 0 Å². The van der Waals surface area contributed by atoms with E-state index >= 15 is 0 Å². The Kier molecular flexibility index (Phi) is 4.61. The first kappa shape index (κ1) is 14.8. The fraction of sp³-hybridized carbons (Fsp3) is 0.200. The topological polar surface area (TPSA) is 47.6 Å². The van der Waals surface area contributed by atoms with Crippen molar-refractivity contribution in [3.05, 3.63) is 54.1 Å². The van der Waals surface area contributed by atoms with Crippen molar-refractivity contribution in [3.8, 4) is 0 Å². The Hall–Kier alpha value is -1.61. The molecule has 0 aliphatic rings. The second-order valence-electron chi connectivity index (χ2n) is 4.37. The second kappa shape index (κ2) is 6.23. The van der Waals surface area contributed by atoms with Crippen LogP contribution in [0.25, 0.3) is 0 Å². The van der Waals surface area contributed by atoms with Gasteiger partial charge in [-0.2, -0.15) is 0 Å². The third-order valence-corrected chi connectivity index (χ3v) is 4.95. The van der Waals surface area contributed by atoms with Crippen LogP contribution in [0.15, 0.2) is 48.5 Å². The molecule has 20 heavy (non-hydrogen) atoms. The van der Waals surface area contributed by atoms with Gasteiger partial charge < -0.3 is 14.4 Å². The lowest BCUT2D eigenvalue weighted by molar-refractivity contribution is 0.287. The molecule has 5 heteroatoms. The average Bonchev–Trinajstić information content (AvgIpc) is 2.49. The van der Waals surface area contributed by atoms with Crippen LogP contribution in [0.3, 0.4) is 0 Å². The molecule has 1 N–H and O–H groups in total. The molecule has 0 saturated heterocycles. The van der Waals surface area contributed by atoms with E-state index in [0.717, 1.165) is 5.69 Å². The van der Waals surface area contributed by atoms with Gasteiger partial charge in [-0.25, -0.2) is 0 Å². The van der Waals surface area contributed by atoms with Gasteiger partial charge in [0.05, 0.1) is 11.0 Å². The zero-order valence-corrected chi connectivity index (χ0v) is 12.7.